The van der Waals surface area contributed by atoms with Crippen LogP contribution >= 0.6 is 0 Å². The van der Waals surface area contributed by atoms with Gasteiger partial charge in [0, 0.05) is 24.3 Å². The molecule has 15 heteroatoms. The number of nitrogens with zero attached hydrogens (tertiary/aromatic N) is 2. The average molecular weight is 456 g/mol. The molecule has 0 saturated carbocycles. The van der Waals surface area contributed by atoms with E-state index in [0.29, 0.717) is 6.07 Å². The van der Waals surface area contributed by atoms with Crippen LogP contribution in [0.15, 0.2) is 66.7 Å². The first-order valence-electron chi connectivity index (χ1n) is 9.26. The molecule has 0 aliphatic rings. The Balaban J connectivity index is 1.90. The van der Waals surface area contributed by atoms with Gasteiger partial charge in [0.2, 0.25) is 0 Å². The van der Waals surface area contributed by atoms with E-state index >= 15 is 0 Å². The summed E-state index contributed by atoms with van der Waals surface area (Å²) in [5.74, 6) is -2.43. The summed E-state index contributed by atoms with van der Waals surface area (Å²) in [5.41, 5.74) is -0.924. The zero-order chi connectivity index (χ0) is 24.1. The van der Waals surface area contributed by atoms with Gasteiger partial charge in [-0.3, -0.25) is 20.2 Å². The fourth-order valence-electron chi connectivity index (χ4n) is 2.82. The van der Waals surface area contributed by atoms with E-state index in [2.05, 4.69) is 0 Å². The van der Waals surface area contributed by atoms with Crippen LogP contribution in [0.5, 0.6) is 0 Å². The van der Waals surface area contributed by atoms with Gasteiger partial charge in [-0.2, -0.15) is 0 Å². The van der Waals surface area contributed by atoms with Crippen molar-refractivity contribution in [1.82, 2.24) is 0 Å². The molecular formula is C18H13B3F2N2O8. The van der Waals surface area contributed by atoms with Gasteiger partial charge in [0.05, 0.1) is 9.85 Å². The number of benzene rings is 3. The first-order valence-corrected chi connectivity index (χ1v) is 9.26. The molecule has 3 rings (SSSR count). The summed E-state index contributed by atoms with van der Waals surface area (Å²) >= 11 is 0. The Bertz CT molecular complexity index is 1120. The Kier molecular flexibility index (Phi) is 7.50. The molecule has 2 N–H and O–H groups in total. The lowest BCUT2D eigenvalue weighted by molar-refractivity contribution is -0.385. The summed E-state index contributed by atoms with van der Waals surface area (Å²) in [5, 5.41) is 42.8. The first kappa shape index (κ1) is 24.0. The molecule has 0 radical (unpaired) electrons. The predicted molar refractivity (Wildman–Crippen MR) is 115 cm³/mol. The average Bonchev–Trinajstić information content (AvgIpc) is 2.80. The number of hydrogen-bond donors (Lipinski definition) is 2. The van der Waals surface area contributed by atoms with Crippen molar-refractivity contribution >= 4 is 49.1 Å². The highest BCUT2D eigenvalue weighted by atomic mass is 19.2. The summed E-state index contributed by atoms with van der Waals surface area (Å²) in [6, 6.07) is 12.2. The van der Waals surface area contributed by atoms with Gasteiger partial charge in [-0.15, -0.1) is 0 Å². The number of non-ortho nitro benzene ring substituents is 2. The van der Waals surface area contributed by atoms with Crippen molar-refractivity contribution in [3.05, 3.63) is 98.6 Å². The predicted octanol–water partition coefficient (Wildman–Crippen LogP) is 0.285. The smallest absolute Gasteiger partial charge is 0.444 e. The number of rotatable bonds is 9. The van der Waals surface area contributed by atoms with E-state index < -0.39 is 42.8 Å². The number of hydrogen-bond acceptors (Lipinski definition) is 8. The summed E-state index contributed by atoms with van der Waals surface area (Å²) in [4.78, 5) is 20.6. The molecule has 0 aliphatic heterocycles. The van der Waals surface area contributed by atoms with Gasteiger partial charge in [0.15, 0.2) is 11.6 Å². The molecular weight excluding hydrogens is 443 g/mol. The van der Waals surface area contributed by atoms with E-state index in [1.54, 1.807) is 0 Å². The van der Waals surface area contributed by atoms with Crippen molar-refractivity contribution in [1.29, 1.82) is 0 Å². The van der Waals surface area contributed by atoms with Crippen LogP contribution in [-0.2, 0) is 9.14 Å². The van der Waals surface area contributed by atoms with Crippen molar-refractivity contribution in [3.63, 3.8) is 0 Å². The van der Waals surface area contributed by atoms with Crippen LogP contribution in [0.3, 0.4) is 0 Å². The summed E-state index contributed by atoms with van der Waals surface area (Å²) in [6.07, 6.45) is 0. The van der Waals surface area contributed by atoms with Crippen LogP contribution < -0.4 is 16.4 Å². The molecule has 0 heterocycles. The highest BCUT2D eigenvalue weighted by Gasteiger charge is 2.34. The molecule has 0 unspecified atom stereocenters. The van der Waals surface area contributed by atoms with Crippen LogP contribution in [0.4, 0.5) is 20.2 Å². The monoisotopic (exact) mass is 456 g/mol. The van der Waals surface area contributed by atoms with Crippen molar-refractivity contribution in [2.75, 3.05) is 0 Å². The Hall–Kier alpha value is -3.65. The van der Waals surface area contributed by atoms with E-state index in [4.69, 9.17) is 9.14 Å². The standard InChI is InChI=1S/C18H13B3F2N2O8/c22-17-8-7-14(11-18(17)23)21(32-19(26)12-3-1-5-15(9-12)24(28)29)33-20(27)13-4-2-6-16(10-13)25(30)31/h1-11,26-27H. The van der Waals surface area contributed by atoms with Crippen LogP contribution in [0.1, 0.15) is 0 Å². The Morgan fingerprint density at radius 3 is 1.61 bits per heavy atom. The largest absolute Gasteiger partial charge is 0.477 e. The topological polar surface area (TPSA) is 145 Å². The maximum absolute atomic E-state index is 13.8. The van der Waals surface area contributed by atoms with Crippen molar-refractivity contribution in [3.8, 4) is 0 Å². The molecule has 0 aromatic heterocycles. The maximum atomic E-state index is 13.8. The van der Waals surface area contributed by atoms with Crippen molar-refractivity contribution in [2.45, 2.75) is 0 Å². The lowest BCUT2D eigenvalue weighted by Crippen LogP contribution is -2.51. The fourth-order valence-corrected chi connectivity index (χ4v) is 2.82. The van der Waals surface area contributed by atoms with Crippen molar-refractivity contribution < 1.29 is 37.8 Å². The number of halogens is 2. The summed E-state index contributed by atoms with van der Waals surface area (Å²) in [6.45, 7) is 0. The van der Waals surface area contributed by atoms with Crippen LogP contribution in [0.2, 0.25) is 0 Å². The molecule has 33 heavy (non-hydrogen) atoms. The zero-order valence-electron chi connectivity index (χ0n) is 16.6. The van der Waals surface area contributed by atoms with Gasteiger partial charge in [-0.1, -0.05) is 30.3 Å². The quantitative estimate of drug-likeness (QED) is 0.266. The van der Waals surface area contributed by atoms with Crippen LogP contribution in [0.25, 0.3) is 0 Å². The highest BCUT2D eigenvalue weighted by Crippen LogP contribution is 2.10. The van der Waals surface area contributed by atoms with Gasteiger partial charge in [-0.05, 0) is 28.5 Å². The molecule has 0 bridgehead atoms. The third-order valence-electron chi connectivity index (χ3n) is 4.45. The second-order valence-electron chi connectivity index (χ2n) is 6.69. The van der Waals surface area contributed by atoms with E-state index in [9.17, 15) is 39.1 Å². The van der Waals surface area contributed by atoms with Crippen LogP contribution in [-0.4, -0.2) is 41.2 Å². The molecule has 0 amide bonds. The first-order chi connectivity index (χ1) is 15.7. The van der Waals surface area contributed by atoms with E-state index in [0.717, 1.165) is 24.3 Å². The molecule has 0 aliphatic carbocycles. The minimum atomic E-state index is -1.83. The lowest BCUT2D eigenvalue weighted by Gasteiger charge is -2.20. The highest BCUT2D eigenvalue weighted by molar-refractivity contribution is 6.79. The third-order valence-corrected chi connectivity index (χ3v) is 4.45. The number of nitro groups is 2. The van der Waals surface area contributed by atoms with Gasteiger partial charge in [0.1, 0.15) is 0 Å². The second-order valence-corrected chi connectivity index (χ2v) is 6.69. The molecule has 3 aromatic carbocycles. The molecule has 0 spiro atoms. The maximum Gasteiger partial charge on any atom is 0.477 e. The Morgan fingerprint density at radius 1 is 0.697 bits per heavy atom. The Labute approximate surface area is 186 Å². The Morgan fingerprint density at radius 2 is 1.18 bits per heavy atom. The molecule has 3 aromatic rings. The normalized spacial score (nSPS) is 10.5. The second kappa shape index (κ2) is 10.3. The lowest BCUT2D eigenvalue weighted by atomic mass is 9.67. The summed E-state index contributed by atoms with van der Waals surface area (Å²) < 4.78 is 37.9. The minimum Gasteiger partial charge on any atom is -0.444 e. The molecule has 0 atom stereocenters. The molecule has 166 valence electrons. The van der Waals surface area contributed by atoms with Crippen molar-refractivity contribution in [2.24, 2.45) is 0 Å². The van der Waals surface area contributed by atoms with E-state index in [1.807, 2.05) is 0 Å². The zero-order valence-corrected chi connectivity index (χ0v) is 16.6. The molecule has 0 saturated heterocycles. The molecule has 10 nitrogen and oxygen atoms in total. The molecule has 0 fully saturated rings. The minimum absolute atomic E-state index is 0.0507. The van der Waals surface area contributed by atoms with E-state index in [1.165, 1.54) is 36.4 Å². The van der Waals surface area contributed by atoms with Gasteiger partial charge in [-0.25, -0.2) is 8.78 Å². The van der Waals surface area contributed by atoms with Crippen LogP contribution in [0, 0.1) is 31.9 Å². The fraction of sp³-hybridized carbons (Fsp3) is 0. The van der Waals surface area contributed by atoms with E-state index in [-0.39, 0.29) is 27.8 Å². The third kappa shape index (κ3) is 5.99. The number of nitro benzene ring substituents is 2. The van der Waals surface area contributed by atoms with Gasteiger partial charge < -0.3 is 19.2 Å². The van der Waals surface area contributed by atoms with Gasteiger partial charge >= 0.3 is 21.4 Å². The SMILES string of the molecule is O=[N+]([O-])c1cccc(B(O)OB(OB(O)c2cccc([N+](=O)[O-])c2)c2ccc(F)c(F)c2)c1. The summed E-state index contributed by atoms with van der Waals surface area (Å²) in [7, 11) is -5.37. The van der Waals surface area contributed by atoms with Gasteiger partial charge in [0.25, 0.3) is 11.4 Å².